The van der Waals surface area contributed by atoms with Gasteiger partial charge in [0.15, 0.2) is 0 Å². The predicted molar refractivity (Wildman–Crippen MR) is 133 cm³/mol. The average molecular weight is 484 g/mol. The van der Waals surface area contributed by atoms with Crippen LogP contribution in [0.4, 0.5) is 5.69 Å². The van der Waals surface area contributed by atoms with E-state index < -0.39 is 17.5 Å². The van der Waals surface area contributed by atoms with Crippen molar-refractivity contribution < 1.29 is 23.8 Å². The number of pyridine rings is 2. The molecule has 8 nitrogen and oxygen atoms in total. The maximum Gasteiger partial charge on any atom is 0.344 e. The first-order valence-corrected chi connectivity index (χ1v) is 11.8. The largest absolute Gasteiger partial charge is 0.462 e. The van der Waals surface area contributed by atoms with Crippen LogP contribution >= 0.6 is 0 Å². The van der Waals surface area contributed by atoms with Gasteiger partial charge in [-0.2, -0.15) is 0 Å². The maximum absolute atomic E-state index is 13.6. The van der Waals surface area contributed by atoms with Gasteiger partial charge in [0.05, 0.1) is 18.9 Å². The summed E-state index contributed by atoms with van der Waals surface area (Å²) in [5.74, 6) is -1.49. The Morgan fingerprint density at radius 2 is 1.42 bits per heavy atom. The number of fused-ring (bicyclic) bond motifs is 5. The van der Waals surface area contributed by atoms with Crippen LogP contribution in [0.1, 0.15) is 36.4 Å². The second-order valence-corrected chi connectivity index (χ2v) is 8.43. The van der Waals surface area contributed by atoms with Crippen LogP contribution in [0.2, 0.25) is 0 Å². The van der Waals surface area contributed by atoms with E-state index in [-0.39, 0.29) is 30.3 Å². The summed E-state index contributed by atoms with van der Waals surface area (Å²) >= 11 is 0. The van der Waals surface area contributed by atoms with Crippen molar-refractivity contribution in [2.75, 3.05) is 13.2 Å². The first-order chi connectivity index (χ1) is 17.4. The summed E-state index contributed by atoms with van der Waals surface area (Å²) in [4.78, 5) is 41.0. The minimum absolute atomic E-state index is 0.0369. The second kappa shape index (κ2) is 9.03. The zero-order chi connectivity index (χ0) is 25.4. The molecule has 0 amide bonds. The van der Waals surface area contributed by atoms with Gasteiger partial charge in [-0.05, 0) is 51.0 Å². The highest BCUT2D eigenvalue weighted by Gasteiger charge is 2.61. The van der Waals surface area contributed by atoms with Gasteiger partial charge in [0.1, 0.15) is 22.5 Å². The molecule has 0 unspecified atom stereocenters. The summed E-state index contributed by atoms with van der Waals surface area (Å²) < 4.78 is 17.4. The van der Waals surface area contributed by atoms with Crippen molar-refractivity contribution in [1.29, 1.82) is 0 Å². The number of nitrogens with zero attached hydrogens (tertiary/aromatic N) is 3. The molecule has 1 aliphatic carbocycles. The van der Waals surface area contributed by atoms with E-state index in [4.69, 9.17) is 19.2 Å². The third-order valence-corrected chi connectivity index (χ3v) is 6.25. The Labute approximate surface area is 208 Å². The van der Waals surface area contributed by atoms with Crippen LogP contribution in [-0.4, -0.2) is 41.0 Å². The highest BCUT2D eigenvalue weighted by atomic mass is 16.6. The molecule has 36 heavy (non-hydrogen) atoms. The first-order valence-electron chi connectivity index (χ1n) is 11.8. The van der Waals surface area contributed by atoms with Crippen molar-refractivity contribution in [1.82, 2.24) is 9.97 Å². The van der Waals surface area contributed by atoms with E-state index in [1.807, 2.05) is 44.2 Å². The van der Waals surface area contributed by atoms with Crippen molar-refractivity contribution in [3.8, 4) is 11.1 Å². The van der Waals surface area contributed by atoms with Crippen LogP contribution in [0.5, 0.6) is 0 Å². The molecule has 0 saturated heterocycles. The smallest absolute Gasteiger partial charge is 0.344 e. The standard InChI is InChI=1S/C28H25N3O5/c1-5-34-26(32)20-21(27(33)35-6-2)28(36-25(20)31-22-16(3)10-7-11-17(22)4)23-18(12-8-14-29-23)19-13-9-15-30-24(19)28/h7-15H,5-6H2,1-4H3. The molecule has 0 radical (unpaired) electrons. The molecule has 3 aromatic rings. The van der Waals surface area contributed by atoms with Gasteiger partial charge in [-0.3, -0.25) is 9.97 Å². The minimum atomic E-state index is -1.61. The quantitative estimate of drug-likeness (QED) is 0.493. The average Bonchev–Trinajstić information content (AvgIpc) is 3.36. The molecule has 2 aliphatic rings. The predicted octanol–water partition coefficient (Wildman–Crippen LogP) is 4.50. The number of aromatic nitrogens is 2. The van der Waals surface area contributed by atoms with E-state index in [0.29, 0.717) is 17.1 Å². The molecule has 2 aromatic heterocycles. The van der Waals surface area contributed by atoms with Gasteiger partial charge < -0.3 is 14.2 Å². The molecule has 8 heteroatoms. The summed E-state index contributed by atoms with van der Waals surface area (Å²) in [7, 11) is 0. The normalized spacial score (nSPS) is 16.1. The lowest BCUT2D eigenvalue weighted by atomic mass is 9.88. The van der Waals surface area contributed by atoms with Crippen molar-refractivity contribution in [3.63, 3.8) is 0 Å². The first kappa shape index (κ1) is 23.4. The molecule has 182 valence electrons. The lowest BCUT2D eigenvalue weighted by molar-refractivity contribution is -0.142. The van der Waals surface area contributed by atoms with E-state index >= 15 is 0 Å². The fraction of sp³-hybridized carbons (Fsp3) is 0.250. The molecule has 1 spiro atoms. The Morgan fingerprint density at radius 1 is 0.861 bits per heavy atom. The number of benzene rings is 1. The van der Waals surface area contributed by atoms with Gasteiger partial charge in [0.25, 0.3) is 0 Å². The number of esters is 2. The van der Waals surface area contributed by atoms with Gasteiger partial charge in [0, 0.05) is 23.5 Å². The summed E-state index contributed by atoms with van der Waals surface area (Å²) in [5, 5.41) is 0. The zero-order valence-corrected chi connectivity index (χ0v) is 20.5. The van der Waals surface area contributed by atoms with Gasteiger partial charge >= 0.3 is 11.9 Å². The molecule has 5 rings (SSSR count). The van der Waals surface area contributed by atoms with Gasteiger partial charge in [-0.1, -0.05) is 30.3 Å². The van der Waals surface area contributed by atoms with Crippen LogP contribution in [0.15, 0.2) is 71.0 Å². The molecule has 1 aromatic carbocycles. The van der Waals surface area contributed by atoms with Crippen molar-refractivity contribution in [3.05, 3.63) is 88.5 Å². The third-order valence-electron chi connectivity index (χ3n) is 6.25. The highest BCUT2D eigenvalue weighted by molar-refractivity contribution is 6.25. The van der Waals surface area contributed by atoms with Crippen LogP contribution in [0.3, 0.4) is 0 Å². The minimum Gasteiger partial charge on any atom is -0.462 e. The Hall–Kier alpha value is -4.33. The van der Waals surface area contributed by atoms with Crippen LogP contribution in [0.25, 0.3) is 11.1 Å². The Balaban J connectivity index is 1.88. The molecular formula is C28H25N3O5. The summed E-state index contributed by atoms with van der Waals surface area (Å²) in [6.07, 6.45) is 3.23. The highest BCUT2D eigenvalue weighted by Crippen LogP contribution is 2.56. The van der Waals surface area contributed by atoms with Gasteiger partial charge in [-0.15, -0.1) is 0 Å². The third kappa shape index (κ3) is 3.40. The molecule has 3 heterocycles. The van der Waals surface area contributed by atoms with Gasteiger partial charge in [-0.25, -0.2) is 14.6 Å². The topological polar surface area (TPSA) is 100.0 Å². The maximum atomic E-state index is 13.6. The van der Waals surface area contributed by atoms with E-state index in [2.05, 4.69) is 9.97 Å². The fourth-order valence-corrected chi connectivity index (χ4v) is 4.79. The number of para-hydroxylation sites is 1. The lowest BCUT2D eigenvalue weighted by Crippen LogP contribution is -2.34. The monoisotopic (exact) mass is 483 g/mol. The van der Waals surface area contributed by atoms with Gasteiger partial charge in [0.2, 0.25) is 11.5 Å². The van der Waals surface area contributed by atoms with E-state index in [0.717, 1.165) is 22.3 Å². The zero-order valence-electron chi connectivity index (χ0n) is 20.5. The fourth-order valence-electron chi connectivity index (χ4n) is 4.79. The second-order valence-electron chi connectivity index (χ2n) is 8.43. The number of rotatable bonds is 5. The lowest BCUT2D eigenvalue weighted by Gasteiger charge is -2.26. The van der Waals surface area contributed by atoms with Crippen molar-refractivity contribution in [2.24, 2.45) is 4.99 Å². The Bertz CT molecular complexity index is 1390. The van der Waals surface area contributed by atoms with E-state index in [1.54, 1.807) is 38.4 Å². The number of carbonyl (C=O) groups is 2. The van der Waals surface area contributed by atoms with Crippen molar-refractivity contribution >= 4 is 23.5 Å². The molecular weight excluding hydrogens is 458 g/mol. The Kier molecular flexibility index (Phi) is 5.88. The SMILES string of the molecule is CCOC(=O)C1=C(C(=O)OCC)C2(OC1=Nc1c(C)cccc1C)c1ncccc1-c1cccnc12. The number of ether oxygens (including phenoxy) is 3. The van der Waals surface area contributed by atoms with Crippen LogP contribution in [-0.2, 0) is 29.4 Å². The van der Waals surface area contributed by atoms with Crippen molar-refractivity contribution in [2.45, 2.75) is 33.3 Å². The van der Waals surface area contributed by atoms with Crippen LogP contribution < -0.4 is 0 Å². The molecule has 0 bridgehead atoms. The van der Waals surface area contributed by atoms with E-state index in [1.165, 1.54) is 0 Å². The van der Waals surface area contributed by atoms with Crippen LogP contribution in [0, 0.1) is 13.8 Å². The molecule has 0 saturated carbocycles. The molecule has 0 N–H and O–H groups in total. The number of hydrogen-bond acceptors (Lipinski definition) is 8. The summed E-state index contributed by atoms with van der Waals surface area (Å²) in [6.45, 7) is 7.43. The number of aliphatic imine (C=N–C) groups is 1. The molecule has 1 aliphatic heterocycles. The summed E-state index contributed by atoms with van der Waals surface area (Å²) in [5.41, 5.74) is 3.04. The number of hydrogen-bond donors (Lipinski definition) is 0. The van der Waals surface area contributed by atoms with E-state index in [9.17, 15) is 9.59 Å². The molecule has 0 fully saturated rings. The number of aryl methyl sites for hydroxylation is 2. The Morgan fingerprint density at radius 3 is 1.97 bits per heavy atom. The summed E-state index contributed by atoms with van der Waals surface area (Å²) in [6, 6.07) is 13.1. The molecule has 0 atom stereocenters. The number of carbonyl (C=O) groups excluding carboxylic acids is 2.